The third-order valence-electron chi connectivity index (χ3n) is 3.04. The molecular weight excluding hydrogens is 266 g/mol. The van der Waals surface area contributed by atoms with Gasteiger partial charge in [-0.25, -0.2) is 0 Å². The Bertz CT molecular complexity index is 472. The molecule has 0 aromatic heterocycles. The molecule has 1 aromatic rings. The van der Waals surface area contributed by atoms with E-state index in [2.05, 4.69) is 45.2 Å². The Labute approximate surface area is 126 Å². The molecule has 0 saturated carbocycles. The first-order valence-electron chi connectivity index (χ1n) is 6.72. The van der Waals surface area contributed by atoms with Crippen LogP contribution in [0.2, 0.25) is 0 Å². The highest BCUT2D eigenvalue weighted by Crippen LogP contribution is 2.18. The Morgan fingerprint density at radius 2 is 1.90 bits per heavy atom. The Morgan fingerprint density at radius 3 is 2.50 bits per heavy atom. The number of hydrogen-bond acceptors (Lipinski definition) is 2. The van der Waals surface area contributed by atoms with Gasteiger partial charge >= 0.3 is 0 Å². The van der Waals surface area contributed by atoms with E-state index in [0.29, 0.717) is 18.8 Å². The molecule has 0 atom stereocenters. The Kier molecular flexibility index (Phi) is 7.16. The molecule has 0 unspecified atom stereocenters. The first-order chi connectivity index (χ1) is 9.58. The van der Waals surface area contributed by atoms with E-state index in [-0.39, 0.29) is 5.91 Å². The fraction of sp³-hybridized carbons (Fsp3) is 0.353. The van der Waals surface area contributed by atoms with Gasteiger partial charge in [-0.05, 0) is 25.0 Å². The van der Waals surface area contributed by atoms with Gasteiger partial charge in [0.25, 0.3) is 0 Å². The molecule has 0 bridgehead atoms. The first kappa shape index (κ1) is 16.6. The Hall–Kier alpha value is -1.48. The largest absolute Gasteiger partial charge is 0.335 e. The van der Waals surface area contributed by atoms with Crippen molar-refractivity contribution < 1.29 is 4.79 Å². The summed E-state index contributed by atoms with van der Waals surface area (Å²) in [6.07, 6.45) is 3.49. The van der Waals surface area contributed by atoms with Crippen molar-refractivity contribution >= 4 is 17.7 Å². The average molecular weight is 289 g/mol. The van der Waals surface area contributed by atoms with Gasteiger partial charge in [-0.1, -0.05) is 35.9 Å². The van der Waals surface area contributed by atoms with Gasteiger partial charge in [-0.3, -0.25) is 4.79 Å². The minimum atomic E-state index is 0.139. The van der Waals surface area contributed by atoms with E-state index in [4.69, 9.17) is 0 Å². The van der Waals surface area contributed by atoms with Crippen LogP contribution in [-0.2, 0) is 10.5 Å². The van der Waals surface area contributed by atoms with Crippen LogP contribution in [0.1, 0.15) is 16.7 Å². The van der Waals surface area contributed by atoms with Crippen LogP contribution in [0.15, 0.2) is 43.5 Å². The predicted octanol–water partition coefficient (Wildman–Crippen LogP) is 3.74. The lowest BCUT2D eigenvalue weighted by Gasteiger charge is -2.19. The van der Waals surface area contributed by atoms with Crippen LogP contribution in [0, 0.1) is 13.8 Å². The van der Waals surface area contributed by atoms with Gasteiger partial charge in [0.05, 0.1) is 5.75 Å². The van der Waals surface area contributed by atoms with E-state index < -0.39 is 0 Å². The van der Waals surface area contributed by atoms with Crippen molar-refractivity contribution in [1.82, 2.24) is 4.90 Å². The SMILES string of the molecule is C=CCN(CC=C)C(=O)CSCc1cc(C)ccc1C. The molecule has 1 aromatic carbocycles. The normalized spacial score (nSPS) is 10.1. The number of nitrogens with zero attached hydrogens (tertiary/aromatic N) is 1. The topological polar surface area (TPSA) is 20.3 Å². The third kappa shape index (κ3) is 5.25. The molecule has 20 heavy (non-hydrogen) atoms. The zero-order chi connectivity index (χ0) is 15.0. The lowest BCUT2D eigenvalue weighted by atomic mass is 10.1. The highest BCUT2D eigenvalue weighted by Gasteiger charge is 2.10. The molecule has 0 aliphatic carbocycles. The van der Waals surface area contributed by atoms with Crippen LogP contribution in [0.4, 0.5) is 0 Å². The zero-order valence-corrected chi connectivity index (χ0v) is 13.2. The highest BCUT2D eigenvalue weighted by atomic mass is 32.2. The lowest BCUT2D eigenvalue weighted by molar-refractivity contribution is -0.127. The molecule has 2 nitrogen and oxygen atoms in total. The van der Waals surface area contributed by atoms with E-state index in [9.17, 15) is 4.79 Å². The van der Waals surface area contributed by atoms with Crippen LogP contribution >= 0.6 is 11.8 Å². The van der Waals surface area contributed by atoms with Gasteiger partial charge < -0.3 is 4.90 Å². The standard InChI is InChI=1S/C17H23NOS/c1-5-9-18(10-6-2)17(19)13-20-12-16-11-14(3)7-8-15(16)4/h5-8,11H,1-2,9-10,12-13H2,3-4H3. The molecule has 1 amide bonds. The first-order valence-corrected chi connectivity index (χ1v) is 7.87. The van der Waals surface area contributed by atoms with Crippen molar-refractivity contribution in [2.24, 2.45) is 0 Å². The number of hydrogen-bond donors (Lipinski definition) is 0. The van der Waals surface area contributed by atoms with E-state index in [1.165, 1.54) is 16.7 Å². The van der Waals surface area contributed by atoms with E-state index in [1.807, 2.05) is 0 Å². The molecule has 108 valence electrons. The summed E-state index contributed by atoms with van der Waals surface area (Å²) >= 11 is 1.66. The number of rotatable bonds is 8. The van der Waals surface area contributed by atoms with Crippen LogP contribution in [0.25, 0.3) is 0 Å². The second-order valence-corrected chi connectivity index (χ2v) is 5.78. The number of aryl methyl sites for hydroxylation is 2. The maximum absolute atomic E-state index is 12.1. The van der Waals surface area contributed by atoms with Crippen LogP contribution in [0.3, 0.4) is 0 Å². The molecule has 3 heteroatoms. The molecule has 0 heterocycles. The van der Waals surface area contributed by atoms with Crippen molar-refractivity contribution in [3.8, 4) is 0 Å². The summed E-state index contributed by atoms with van der Waals surface area (Å²) in [5.41, 5.74) is 3.85. The smallest absolute Gasteiger partial charge is 0.233 e. The molecule has 0 fully saturated rings. The van der Waals surface area contributed by atoms with Gasteiger partial charge in [0.1, 0.15) is 0 Å². The average Bonchev–Trinajstić information content (AvgIpc) is 2.42. The summed E-state index contributed by atoms with van der Waals surface area (Å²) in [7, 11) is 0. The molecular formula is C17H23NOS. The summed E-state index contributed by atoms with van der Waals surface area (Å²) in [6, 6.07) is 6.44. The lowest BCUT2D eigenvalue weighted by Crippen LogP contribution is -2.32. The third-order valence-corrected chi connectivity index (χ3v) is 4.01. The van der Waals surface area contributed by atoms with Crippen LogP contribution < -0.4 is 0 Å². The molecule has 0 N–H and O–H groups in total. The van der Waals surface area contributed by atoms with E-state index >= 15 is 0 Å². The molecule has 0 spiro atoms. The molecule has 0 aliphatic rings. The van der Waals surface area contributed by atoms with Crippen molar-refractivity contribution in [2.75, 3.05) is 18.8 Å². The Morgan fingerprint density at radius 1 is 1.25 bits per heavy atom. The summed E-state index contributed by atoms with van der Waals surface area (Å²) in [4.78, 5) is 13.8. The summed E-state index contributed by atoms with van der Waals surface area (Å²) in [5.74, 6) is 1.50. The van der Waals surface area contributed by atoms with Gasteiger partial charge in [-0.15, -0.1) is 24.9 Å². The molecule has 1 rings (SSSR count). The predicted molar refractivity (Wildman–Crippen MR) is 89.1 cm³/mol. The molecule has 0 aliphatic heterocycles. The minimum absolute atomic E-state index is 0.139. The van der Waals surface area contributed by atoms with Gasteiger partial charge in [0, 0.05) is 18.8 Å². The quantitative estimate of drug-likeness (QED) is 0.680. The monoisotopic (exact) mass is 289 g/mol. The van der Waals surface area contributed by atoms with Crippen molar-refractivity contribution in [1.29, 1.82) is 0 Å². The molecule has 0 radical (unpaired) electrons. The molecule has 0 saturated heterocycles. The Balaban J connectivity index is 2.50. The minimum Gasteiger partial charge on any atom is -0.335 e. The van der Waals surface area contributed by atoms with Crippen LogP contribution in [0.5, 0.6) is 0 Å². The maximum atomic E-state index is 12.1. The van der Waals surface area contributed by atoms with Crippen molar-refractivity contribution in [3.63, 3.8) is 0 Å². The van der Waals surface area contributed by atoms with Gasteiger partial charge in [-0.2, -0.15) is 0 Å². The fourth-order valence-electron chi connectivity index (χ4n) is 1.89. The second kappa shape index (κ2) is 8.64. The van der Waals surface area contributed by atoms with Gasteiger partial charge in [0.2, 0.25) is 5.91 Å². The number of thioether (sulfide) groups is 1. The number of benzene rings is 1. The zero-order valence-electron chi connectivity index (χ0n) is 12.4. The fourth-order valence-corrected chi connectivity index (χ4v) is 2.88. The van der Waals surface area contributed by atoms with Crippen molar-refractivity contribution in [2.45, 2.75) is 19.6 Å². The van der Waals surface area contributed by atoms with E-state index in [0.717, 1.165) is 5.75 Å². The summed E-state index contributed by atoms with van der Waals surface area (Å²) in [6.45, 7) is 12.7. The summed E-state index contributed by atoms with van der Waals surface area (Å²) < 4.78 is 0. The second-order valence-electron chi connectivity index (χ2n) is 4.80. The number of carbonyl (C=O) groups excluding carboxylic acids is 1. The van der Waals surface area contributed by atoms with Crippen molar-refractivity contribution in [3.05, 3.63) is 60.2 Å². The van der Waals surface area contributed by atoms with Crippen LogP contribution in [-0.4, -0.2) is 29.6 Å². The van der Waals surface area contributed by atoms with E-state index in [1.54, 1.807) is 28.8 Å². The highest BCUT2D eigenvalue weighted by molar-refractivity contribution is 7.99. The maximum Gasteiger partial charge on any atom is 0.233 e. The van der Waals surface area contributed by atoms with Gasteiger partial charge in [0.15, 0.2) is 0 Å². The number of amides is 1. The number of carbonyl (C=O) groups is 1. The summed E-state index contributed by atoms with van der Waals surface area (Å²) in [5, 5.41) is 0.